The molecule has 1 aromatic heterocycles. The summed E-state index contributed by atoms with van der Waals surface area (Å²) in [4.78, 5) is 4.32. The number of hydrogen-bond donors (Lipinski definition) is 1. The van der Waals surface area contributed by atoms with E-state index in [0.29, 0.717) is 11.6 Å². The Hall–Kier alpha value is -0.900. The molecule has 0 aromatic carbocycles. The minimum absolute atomic E-state index is 0.313. The summed E-state index contributed by atoms with van der Waals surface area (Å²) in [6.07, 6.45) is 6.90. The monoisotopic (exact) mass is 222 g/mol. The third-order valence-corrected chi connectivity index (χ3v) is 3.52. The predicted octanol–water partition coefficient (Wildman–Crippen LogP) is 2.28. The molecule has 0 radical (unpaired) electrons. The van der Waals surface area contributed by atoms with Crippen LogP contribution in [-0.2, 0) is 6.54 Å². The molecule has 0 spiro atoms. The molecule has 0 saturated heterocycles. The molecule has 1 saturated carbocycles. The lowest BCUT2D eigenvalue weighted by Crippen LogP contribution is -2.39. The number of hydrogen-bond acceptors (Lipinski definition) is 3. The molecule has 4 heteroatoms. The van der Waals surface area contributed by atoms with E-state index in [0.717, 1.165) is 12.4 Å². The van der Waals surface area contributed by atoms with E-state index < -0.39 is 0 Å². The Bertz CT molecular complexity index is 337. The molecule has 0 amide bonds. The van der Waals surface area contributed by atoms with E-state index in [2.05, 4.69) is 36.2 Å². The molecule has 1 heterocycles. The van der Waals surface area contributed by atoms with Crippen LogP contribution in [0, 0.1) is 0 Å². The standard InChI is InChI=1S/C12H22N4/c1-10(2)16-11(13-9-15-16)8-14-12(3)6-4-5-7-12/h9-10,14H,4-8H2,1-3H3. The Morgan fingerprint density at radius 2 is 2.12 bits per heavy atom. The zero-order valence-electron chi connectivity index (χ0n) is 10.5. The van der Waals surface area contributed by atoms with Gasteiger partial charge in [0, 0.05) is 11.6 Å². The van der Waals surface area contributed by atoms with E-state index in [1.54, 1.807) is 6.33 Å². The summed E-state index contributed by atoms with van der Waals surface area (Å²) < 4.78 is 1.99. The molecule has 0 bridgehead atoms. The molecule has 0 unspecified atom stereocenters. The van der Waals surface area contributed by atoms with Crippen LogP contribution in [0.4, 0.5) is 0 Å². The van der Waals surface area contributed by atoms with Gasteiger partial charge in [-0.3, -0.25) is 0 Å². The van der Waals surface area contributed by atoms with Gasteiger partial charge in [0.15, 0.2) is 0 Å². The zero-order valence-corrected chi connectivity index (χ0v) is 10.5. The number of nitrogens with zero attached hydrogens (tertiary/aromatic N) is 3. The van der Waals surface area contributed by atoms with Gasteiger partial charge in [0.2, 0.25) is 0 Å². The Labute approximate surface area is 97.5 Å². The lowest BCUT2D eigenvalue weighted by atomic mass is 10.0. The topological polar surface area (TPSA) is 42.7 Å². The summed E-state index contributed by atoms with van der Waals surface area (Å²) >= 11 is 0. The molecular weight excluding hydrogens is 200 g/mol. The van der Waals surface area contributed by atoms with Gasteiger partial charge < -0.3 is 5.32 Å². The van der Waals surface area contributed by atoms with Crippen molar-refractivity contribution >= 4 is 0 Å². The van der Waals surface area contributed by atoms with E-state index in [9.17, 15) is 0 Å². The fourth-order valence-electron chi connectivity index (χ4n) is 2.46. The summed E-state index contributed by atoms with van der Waals surface area (Å²) in [7, 11) is 0. The quantitative estimate of drug-likeness (QED) is 0.850. The van der Waals surface area contributed by atoms with Gasteiger partial charge in [-0.1, -0.05) is 12.8 Å². The highest BCUT2D eigenvalue weighted by Crippen LogP contribution is 2.29. The van der Waals surface area contributed by atoms with E-state index in [4.69, 9.17) is 0 Å². The first-order valence-electron chi connectivity index (χ1n) is 6.24. The Morgan fingerprint density at radius 1 is 1.44 bits per heavy atom. The first-order chi connectivity index (χ1) is 7.61. The molecule has 2 rings (SSSR count). The van der Waals surface area contributed by atoms with Gasteiger partial charge in [-0.25, -0.2) is 9.67 Å². The molecule has 1 aliphatic rings. The van der Waals surface area contributed by atoms with Crippen molar-refractivity contribution in [1.29, 1.82) is 0 Å². The average molecular weight is 222 g/mol. The molecule has 1 fully saturated rings. The molecule has 16 heavy (non-hydrogen) atoms. The van der Waals surface area contributed by atoms with Crippen LogP contribution in [0.5, 0.6) is 0 Å². The van der Waals surface area contributed by atoms with E-state index in [1.165, 1.54) is 25.7 Å². The highest BCUT2D eigenvalue weighted by molar-refractivity contribution is 4.93. The Morgan fingerprint density at radius 3 is 2.75 bits per heavy atom. The second-order valence-electron chi connectivity index (χ2n) is 5.34. The van der Waals surface area contributed by atoms with Crippen LogP contribution < -0.4 is 5.32 Å². The van der Waals surface area contributed by atoms with Gasteiger partial charge in [0.1, 0.15) is 12.2 Å². The van der Waals surface area contributed by atoms with Crippen LogP contribution in [0.25, 0.3) is 0 Å². The average Bonchev–Trinajstić information content (AvgIpc) is 2.83. The fourth-order valence-corrected chi connectivity index (χ4v) is 2.46. The minimum atomic E-state index is 0.313. The van der Waals surface area contributed by atoms with Crippen LogP contribution in [-0.4, -0.2) is 20.3 Å². The first kappa shape index (κ1) is 11.6. The molecule has 0 aliphatic heterocycles. The molecule has 1 aliphatic carbocycles. The van der Waals surface area contributed by atoms with Crippen molar-refractivity contribution in [2.75, 3.05) is 0 Å². The first-order valence-corrected chi connectivity index (χ1v) is 6.24. The summed E-state index contributed by atoms with van der Waals surface area (Å²) in [5.74, 6) is 1.04. The second-order valence-corrected chi connectivity index (χ2v) is 5.34. The highest BCUT2D eigenvalue weighted by Gasteiger charge is 2.28. The largest absolute Gasteiger partial charge is 0.305 e. The van der Waals surface area contributed by atoms with Gasteiger partial charge in [-0.2, -0.15) is 5.10 Å². The zero-order chi connectivity index (χ0) is 11.6. The normalized spacial score (nSPS) is 19.5. The third kappa shape index (κ3) is 2.43. The Kier molecular flexibility index (Phi) is 3.28. The number of rotatable bonds is 4. The van der Waals surface area contributed by atoms with Gasteiger partial charge in [-0.15, -0.1) is 0 Å². The molecule has 1 aromatic rings. The van der Waals surface area contributed by atoms with Crippen LogP contribution in [0.2, 0.25) is 0 Å². The van der Waals surface area contributed by atoms with Crippen LogP contribution >= 0.6 is 0 Å². The Balaban J connectivity index is 1.96. The summed E-state index contributed by atoms with van der Waals surface area (Å²) in [5, 5.41) is 7.88. The SMILES string of the molecule is CC(C)n1ncnc1CNC1(C)CCCC1. The highest BCUT2D eigenvalue weighted by atomic mass is 15.4. The van der Waals surface area contributed by atoms with Crippen molar-refractivity contribution in [2.45, 2.75) is 64.6 Å². The lowest BCUT2D eigenvalue weighted by Gasteiger charge is -2.25. The van der Waals surface area contributed by atoms with E-state index >= 15 is 0 Å². The van der Waals surface area contributed by atoms with Crippen molar-refractivity contribution in [3.05, 3.63) is 12.2 Å². The maximum absolute atomic E-state index is 4.32. The van der Waals surface area contributed by atoms with Crippen molar-refractivity contribution in [2.24, 2.45) is 0 Å². The van der Waals surface area contributed by atoms with Crippen molar-refractivity contribution < 1.29 is 0 Å². The van der Waals surface area contributed by atoms with E-state index in [1.807, 2.05) is 4.68 Å². The van der Waals surface area contributed by atoms with Crippen LogP contribution in [0.1, 0.15) is 58.3 Å². The smallest absolute Gasteiger partial charge is 0.141 e. The van der Waals surface area contributed by atoms with Crippen LogP contribution in [0.15, 0.2) is 6.33 Å². The van der Waals surface area contributed by atoms with Gasteiger partial charge in [0.25, 0.3) is 0 Å². The number of aromatic nitrogens is 3. The minimum Gasteiger partial charge on any atom is -0.305 e. The third-order valence-electron chi connectivity index (χ3n) is 3.52. The fraction of sp³-hybridized carbons (Fsp3) is 0.833. The lowest BCUT2D eigenvalue weighted by molar-refractivity contribution is 0.349. The van der Waals surface area contributed by atoms with Gasteiger partial charge in [0.05, 0.1) is 6.54 Å². The predicted molar refractivity (Wildman–Crippen MR) is 64.1 cm³/mol. The van der Waals surface area contributed by atoms with Crippen molar-refractivity contribution in [3.8, 4) is 0 Å². The van der Waals surface area contributed by atoms with Crippen molar-refractivity contribution in [3.63, 3.8) is 0 Å². The van der Waals surface area contributed by atoms with Gasteiger partial charge in [-0.05, 0) is 33.6 Å². The summed E-state index contributed by atoms with van der Waals surface area (Å²) in [5.41, 5.74) is 0.313. The molecular formula is C12H22N4. The van der Waals surface area contributed by atoms with Crippen LogP contribution in [0.3, 0.4) is 0 Å². The summed E-state index contributed by atoms with van der Waals surface area (Å²) in [6.45, 7) is 7.41. The van der Waals surface area contributed by atoms with Gasteiger partial charge >= 0.3 is 0 Å². The van der Waals surface area contributed by atoms with Crippen molar-refractivity contribution in [1.82, 2.24) is 20.1 Å². The number of nitrogens with one attached hydrogen (secondary N) is 1. The maximum atomic E-state index is 4.32. The second kappa shape index (κ2) is 4.53. The molecule has 4 nitrogen and oxygen atoms in total. The summed E-state index contributed by atoms with van der Waals surface area (Å²) in [6, 6.07) is 0.385. The molecule has 1 N–H and O–H groups in total. The van der Waals surface area contributed by atoms with E-state index in [-0.39, 0.29) is 0 Å². The maximum Gasteiger partial charge on any atom is 0.141 e. The molecule has 0 atom stereocenters. The molecule has 90 valence electrons.